The first kappa shape index (κ1) is 11.1. The Bertz CT molecular complexity index is 284. The molecule has 0 saturated heterocycles. The van der Waals surface area contributed by atoms with Crippen LogP contribution in [0.15, 0.2) is 18.2 Å². The molecule has 78 valence electrons. The first-order valence-electron chi connectivity index (χ1n) is 4.46. The SMILES string of the molecule is CCO[C@@H](CN)c1c(F)cccc1F. The van der Waals surface area contributed by atoms with Gasteiger partial charge in [0.1, 0.15) is 17.7 Å². The third kappa shape index (κ3) is 2.27. The molecular weight excluding hydrogens is 188 g/mol. The van der Waals surface area contributed by atoms with Gasteiger partial charge < -0.3 is 10.5 Å². The van der Waals surface area contributed by atoms with Gasteiger partial charge in [0.25, 0.3) is 0 Å². The lowest BCUT2D eigenvalue weighted by molar-refractivity contribution is 0.0635. The molecule has 4 heteroatoms. The molecule has 0 spiro atoms. The molecule has 0 unspecified atom stereocenters. The van der Waals surface area contributed by atoms with Crippen molar-refractivity contribution in [3.8, 4) is 0 Å². The Kier molecular flexibility index (Phi) is 3.98. The number of hydrogen-bond acceptors (Lipinski definition) is 2. The van der Waals surface area contributed by atoms with E-state index in [1.165, 1.54) is 18.2 Å². The van der Waals surface area contributed by atoms with Crippen molar-refractivity contribution in [3.05, 3.63) is 35.4 Å². The van der Waals surface area contributed by atoms with Crippen LogP contribution in [-0.2, 0) is 4.74 Å². The molecular formula is C10H13F2NO. The molecule has 1 atom stereocenters. The van der Waals surface area contributed by atoms with E-state index in [0.717, 1.165) is 0 Å². The number of benzene rings is 1. The molecule has 0 saturated carbocycles. The van der Waals surface area contributed by atoms with E-state index in [1.807, 2.05) is 0 Å². The van der Waals surface area contributed by atoms with E-state index in [0.29, 0.717) is 6.61 Å². The molecule has 0 aliphatic heterocycles. The van der Waals surface area contributed by atoms with Crippen LogP contribution < -0.4 is 5.73 Å². The van der Waals surface area contributed by atoms with Crippen molar-refractivity contribution in [3.63, 3.8) is 0 Å². The van der Waals surface area contributed by atoms with Crippen molar-refractivity contribution in [2.75, 3.05) is 13.2 Å². The van der Waals surface area contributed by atoms with Crippen LogP contribution in [0.5, 0.6) is 0 Å². The zero-order valence-electron chi connectivity index (χ0n) is 7.97. The second-order valence-electron chi connectivity index (χ2n) is 2.82. The van der Waals surface area contributed by atoms with Gasteiger partial charge >= 0.3 is 0 Å². The molecule has 0 aliphatic carbocycles. The zero-order chi connectivity index (χ0) is 10.6. The molecule has 14 heavy (non-hydrogen) atoms. The second kappa shape index (κ2) is 5.02. The Hall–Kier alpha value is -1.00. The molecule has 1 aromatic carbocycles. The Balaban J connectivity index is 3.02. The van der Waals surface area contributed by atoms with E-state index in [4.69, 9.17) is 10.5 Å². The fraction of sp³-hybridized carbons (Fsp3) is 0.400. The number of nitrogens with two attached hydrogens (primary N) is 1. The van der Waals surface area contributed by atoms with Gasteiger partial charge in [0.2, 0.25) is 0 Å². The summed E-state index contributed by atoms with van der Waals surface area (Å²) >= 11 is 0. The largest absolute Gasteiger partial charge is 0.372 e. The minimum Gasteiger partial charge on any atom is -0.372 e. The van der Waals surface area contributed by atoms with Crippen LogP contribution in [0.1, 0.15) is 18.6 Å². The Labute approximate surface area is 81.7 Å². The second-order valence-corrected chi connectivity index (χ2v) is 2.82. The number of ether oxygens (including phenoxy) is 1. The lowest BCUT2D eigenvalue weighted by Gasteiger charge is -2.16. The third-order valence-corrected chi connectivity index (χ3v) is 1.90. The van der Waals surface area contributed by atoms with Crippen molar-refractivity contribution in [2.45, 2.75) is 13.0 Å². The predicted octanol–water partition coefficient (Wildman–Crippen LogP) is 2.00. The van der Waals surface area contributed by atoms with Crippen LogP contribution >= 0.6 is 0 Å². The molecule has 0 radical (unpaired) electrons. The molecule has 2 nitrogen and oxygen atoms in total. The third-order valence-electron chi connectivity index (χ3n) is 1.90. The zero-order valence-corrected chi connectivity index (χ0v) is 7.97. The summed E-state index contributed by atoms with van der Waals surface area (Å²) in [7, 11) is 0. The lowest BCUT2D eigenvalue weighted by atomic mass is 10.1. The predicted molar refractivity (Wildman–Crippen MR) is 49.8 cm³/mol. The fourth-order valence-electron chi connectivity index (χ4n) is 1.29. The summed E-state index contributed by atoms with van der Waals surface area (Å²) in [6.07, 6.45) is -0.707. The van der Waals surface area contributed by atoms with Gasteiger partial charge in [-0.2, -0.15) is 0 Å². The van der Waals surface area contributed by atoms with Crippen molar-refractivity contribution in [1.29, 1.82) is 0 Å². The highest BCUT2D eigenvalue weighted by atomic mass is 19.1. The summed E-state index contributed by atoms with van der Waals surface area (Å²) in [4.78, 5) is 0. The smallest absolute Gasteiger partial charge is 0.132 e. The van der Waals surface area contributed by atoms with Crippen LogP contribution in [0.25, 0.3) is 0 Å². The van der Waals surface area contributed by atoms with Crippen LogP contribution in [0.4, 0.5) is 8.78 Å². The summed E-state index contributed by atoms with van der Waals surface area (Å²) < 4.78 is 31.6. The van der Waals surface area contributed by atoms with Crippen molar-refractivity contribution >= 4 is 0 Å². The van der Waals surface area contributed by atoms with Crippen molar-refractivity contribution in [1.82, 2.24) is 0 Å². The monoisotopic (exact) mass is 201 g/mol. The maximum Gasteiger partial charge on any atom is 0.132 e. The molecule has 0 aliphatic rings. The van der Waals surface area contributed by atoms with Gasteiger partial charge in [0.05, 0.1) is 5.56 Å². The lowest BCUT2D eigenvalue weighted by Crippen LogP contribution is -2.18. The van der Waals surface area contributed by atoms with Crippen LogP contribution in [0, 0.1) is 11.6 Å². The normalized spacial score (nSPS) is 12.9. The molecule has 1 aromatic rings. The average Bonchev–Trinajstić information content (AvgIpc) is 2.16. The van der Waals surface area contributed by atoms with Gasteiger partial charge in [-0.3, -0.25) is 0 Å². The highest BCUT2D eigenvalue weighted by Crippen LogP contribution is 2.22. The fourth-order valence-corrected chi connectivity index (χ4v) is 1.29. The van der Waals surface area contributed by atoms with Crippen LogP contribution in [0.3, 0.4) is 0 Å². The Morgan fingerprint density at radius 3 is 2.36 bits per heavy atom. The molecule has 2 N–H and O–H groups in total. The van der Waals surface area contributed by atoms with Gasteiger partial charge in [-0.1, -0.05) is 6.07 Å². The molecule has 0 amide bonds. The van der Waals surface area contributed by atoms with E-state index < -0.39 is 17.7 Å². The van der Waals surface area contributed by atoms with E-state index >= 15 is 0 Å². The summed E-state index contributed by atoms with van der Waals surface area (Å²) in [5.74, 6) is -1.23. The maximum absolute atomic E-state index is 13.2. The van der Waals surface area contributed by atoms with Crippen molar-refractivity contribution in [2.24, 2.45) is 5.73 Å². The van der Waals surface area contributed by atoms with Crippen molar-refractivity contribution < 1.29 is 13.5 Å². The minimum absolute atomic E-state index is 0.0612. The number of halogens is 2. The van der Waals surface area contributed by atoms with Gasteiger partial charge in [0.15, 0.2) is 0 Å². The summed E-state index contributed by atoms with van der Waals surface area (Å²) in [6, 6.07) is 3.70. The quantitative estimate of drug-likeness (QED) is 0.808. The first-order valence-corrected chi connectivity index (χ1v) is 4.46. The molecule has 0 fully saturated rings. The van der Waals surface area contributed by atoms with Crippen LogP contribution in [0.2, 0.25) is 0 Å². The summed E-state index contributed by atoms with van der Waals surface area (Å²) in [5, 5.41) is 0. The number of rotatable bonds is 4. The Morgan fingerprint density at radius 1 is 1.36 bits per heavy atom. The molecule has 0 bridgehead atoms. The standard InChI is InChI=1S/C10H13F2NO/c1-2-14-9(6-13)10-7(11)4-3-5-8(10)12/h3-5,9H,2,6,13H2,1H3/t9-/m0/s1. The summed E-state index contributed by atoms with van der Waals surface area (Å²) in [5.41, 5.74) is 5.28. The maximum atomic E-state index is 13.2. The first-order chi connectivity index (χ1) is 6.70. The minimum atomic E-state index is -0.707. The van der Waals surface area contributed by atoms with Gasteiger partial charge in [-0.15, -0.1) is 0 Å². The molecule has 1 rings (SSSR count). The molecule has 0 heterocycles. The van der Waals surface area contributed by atoms with Gasteiger partial charge in [-0.25, -0.2) is 8.78 Å². The Morgan fingerprint density at radius 2 is 1.93 bits per heavy atom. The molecule has 0 aromatic heterocycles. The highest BCUT2D eigenvalue weighted by Gasteiger charge is 2.18. The van der Waals surface area contributed by atoms with Crippen LogP contribution in [-0.4, -0.2) is 13.2 Å². The topological polar surface area (TPSA) is 35.2 Å². The van der Waals surface area contributed by atoms with E-state index in [2.05, 4.69) is 0 Å². The average molecular weight is 201 g/mol. The van der Waals surface area contributed by atoms with Gasteiger partial charge in [-0.05, 0) is 19.1 Å². The van der Waals surface area contributed by atoms with E-state index in [1.54, 1.807) is 6.92 Å². The van der Waals surface area contributed by atoms with Gasteiger partial charge in [0, 0.05) is 13.2 Å². The highest BCUT2D eigenvalue weighted by molar-refractivity contribution is 5.22. The van der Waals surface area contributed by atoms with E-state index in [9.17, 15) is 8.78 Å². The summed E-state index contributed by atoms with van der Waals surface area (Å²) in [6.45, 7) is 2.18. The van der Waals surface area contributed by atoms with E-state index in [-0.39, 0.29) is 12.1 Å². The number of hydrogen-bond donors (Lipinski definition) is 1.